The van der Waals surface area contributed by atoms with Crippen LogP contribution in [-0.2, 0) is 33.6 Å². The summed E-state index contributed by atoms with van der Waals surface area (Å²) >= 11 is 0. The Kier molecular flexibility index (Phi) is 5.55. The van der Waals surface area contributed by atoms with Gasteiger partial charge in [0.2, 0.25) is 0 Å². The van der Waals surface area contributed by atoms with Gasteiger partial charge >= 0.3 is 0 Å². The van der Waals surface area contributed by atoms with E-state index in [9.17, 15) is 0 Å². The third kappa shape index (κ3) is 4.98. The zero-order chi connectivity index (χ0) is 14.4. The van der Waals surface area contributed by atoms with Crippen LogP contribution in [0.3, 0.4) is 0 Å². The summed E-state index contributed by atoms with van der Waals surface area (Å²) in [5, 5.41) is 0. The van der Waals surface area contributed by atoms with E-state index < -0.39 is 0 Å². The summed E-state index contributed by atoms with van der Waals surface area (Å²) in [4.78, 5) is 0. The summed E-state index contributed by atoms with van der Waals surface area (Å²) in [5.41, 5.74) is 4.96. The van der Waals surface area contributed by atoms with Gasteiger partial charge in [0.25, 0.3) is 0 Å². The molecule has 108 valence electrons. The Morgan fingerprint density at radius 3 is 0.737 bits per heavy atom. The van der Waals surface area contributed by atoms with Crippen molar-refractivity contribution in [2.75, 3.05) is 0 Å². The van der Waals surface area contributed by atoms with Crippen molar-refractivity contribution in [2.24, 2.45) is 0 Å². The van der Waals surface area contributed by atoms with Crippen molar-refractivity contribution in [3.05, 3.63) is 34.9 Å². The smallest absolute Gasteiger partial charge is 0 e. The molecule has 0 unspecified atom stereocenters. The molecule has 0 radical (unpaired) electrons. The molecule has 0 bridgehead atoms. The van der Waals surface area contributed by atoms with Gasteiger partial charge in [0.05, 0.1) is 0 Å². The molecular formula is C18H30Cr. The SMILES string of the molecule is CC(C)(C)c1cc(C(C)(C)C)cc(C(C)(C)C)c1.[Cr]. The predicted molar refractivity (Wildman–Crippen MR) is 82.5 cm³/mol. The first-order valence-corrected chi connectivity index (χ1v) is 6.98. The molecule has 0 aliphatic rings. The average molecular weight is 298 g/mol. The van der Waals surface area contributed by atoms with Gasteiger partial charge < -0.3 is 0 Å². The third-order valence-corrected chi connectivity index (χ3v) is 3.53. The number of hydrogen-bond donors (Lipinski definition) is 0. The molecule has 0 atom stereocenters. The fraction of sp³-hybridized carbons (Fsp3) is 0.667. The second-order valence-corrected chi connectivity index (χ2v) is 8.55. The van der Waals surface area contributed by atoms with Gasteiger partial charge in [-0.1, -0.05) is 80.5 Å². The first-order chi connectivity index (χ1) is 7.82. The fourth-order valence-electron chi connectivity index (χ4n) is 1.93. The van der Waals surface area contributed by atoms with E-state index in [0.717, 1.165) is 0 Å². The van der Waals surface area contributed by atoms with Crippen LogP contribution in [-0.4, -0.2) is 0 Å². The summed E-state index contributed by atoms with van der Waals surface area (Å²) < 4.78 is 0. The van der Waals surface area contributed by atoms with Gasteiger partial charge in [0.1, 0.15) is 0 Å². The van der Waals surface area contributed by atoms with E-state index in [2.05, 4.69) is 80.5 Å². The van der Waals surface area contributed by atoms with Gasteiger partial charge in [0.15, 0.2) is 0 Å². The van der Waals surface area contributed by atoms with Gasteiger partial charge in [-0.05, 0) is 32.9 Å². The molecular weight excluding hydrogens is 268 g/mol. The largest absolute Gasteiger partial charge is 0.0561 e. The molecule has 1 aromatic rings. The van der Waals surface area contributed by atoms with Crippen LogP contribution >= 0.6 is 0 Å². The van der Waals surface area contributed by atoms with Crippen LogP contribution in [0.2, 0.25) is 0 Å². The van der Waals surface area contributed by atoms with Crippen LogP contribution in [0.15, 0.2) is 18.2 Å². The van der Waals surface area contributed by atoms with Gasteiger partial charge in [-0.3, -0.25) is 0 Å². The van der Waals surface area contributed by atoms with E-state index in [4.69, 9.17) is 0 Å². The fourth-order valence-corrected chi connectivity index (χ4v) is 1.93. The number of rotatable bonds is 0. The summed E-state index contributed by atoms with van der Waals surface area (Å²) in [6.07, 6.45) is 0. The first-order valence-electron chi connectivity index (χ1n) is 6.98. The summed E-state index contributed by atoms with van der Waals surface area (Å²) in [6.45, 7) is 20.6. The van der Waals surface area contributed by atoms with Gasteiger partial charge in [-0.15, -0.1) is 0 Å². The van der Waals surface area contributed by atoms with Crippen molar-refractivity contribution in [1.29, 1.82) is 0 Å². The van der Waals surface area contributed by atoms with Crippen LogP contribution in [0.5, 0.6) is 0 Å². The van der Waals surface area contributed by atoms with Crippen molar-refractivity contribution in [3.8, 4) is 0 Å². The number of benzene rings is 1. The molecule has 0 saturated carbocycles. The summed E-state index contributed by atoms with van der Waals surface area (Å²) in [5.74, 6) is 0. The van der Waals surface area contributed by atoms with Gasteiger partial charge in [-0.25, -0.2) is 0 Å². The molecule has 1 rings (SSSR count). The molecule has 0 spiro atoms. The minimum Gasteiger partial charge on any atom is -0.0561 e. The molecule has 0 aromatic heterocycles. The summed E-state index contributed by atoms with van der Waals surface area (Å²) in [7, 11) is 0. The van der Waals surface area contributed by atoms with E-state index in [-0.39, 0.29) is 33.6 Å². The van der Waals surface area contributed by atoms with Crippen LogP contribution < -0.4 is 0 Å². The summed E-state index contributed by atoms with van der Waals surface area (Å²) in [6, 6.07) is 7.15. The molecule has 1 aromatic carbocycles. The zero-order valence-corrected chi connectivity index (χ0v) is 15.4. The minimum absolute atomic E-state index is 0. The second kappa shape index (κ2) is 5.63. The van der Waals surface area contributed by atoms with Crippen molar-refractivity contribution in [1.82, 2.24) is 0 Å². The topological polar surface area (TPSA) is 0 Å². The van der Waals surface area contributed by atoms with Crippen LogP contribution in [0, 0.1) is 0 Å². The number of hydrogen-bond acceptors (Lipinski definition) is 0. The monoisotopic (exact) mass is 298 g/mol. The van der Waals surface area contributed by atoms with Crippen LogP contribution in [0.1, 0.15) is 79.0 Å². The van der Waals surface area contributed by atoms with Crippen LogP contribution in [0.25, 0.3) is 0 Å². The van der Waals surface area contributed by atoms with E-state index in [1.54, 1.807) is 0 Å². The Bertz CT molecular complexity index is 343. The molecule has 1 heteroatoms. The van der Waals surface area contributed by atoms with Crippen molar-refractivity contribution < 1.29 is 17.4 Å². The van der Waals surface area contributed by atoms with Gasteiger partial charge in [-0.2, -0.15) is 0 Å². The second-order valence-electron chi connectivity index (χ2n) is 8.55. The maximum Gasteiger partial charge on any atom is 0 e. The van der Waals surface area contributed by atoms with E-state index >= 15 is 0 Å². The maximum atomic E-state index is 2.38. The van der Waals surface area contributed by atoms with Gasteiger partial charge in [0, 0.05) is 17.4 Å². The molecule has 0 heterocycles. The molecule has 0 amide bonds. The quantitative estimate of drug-likeness (QED) is 0.587. The Labute approximate surface area is 131 Å². The maximum absolute atomic E-state index is 2.38. The Morgan fingerprint density at radius 1 is 0.474 bits per heavy atom. The van der Waals surface area contributed by atoms with Crippen LogP contribution in [0.4, 0.5) is 0 Å². The molecule has 0 fully saturated rings. The standard InChI is InChI=1S/C18H30.Cr/c1-16(2,3)13-10-14(17(4,5)6)12-15(11-13)18(7,8)9;/h10-12H,1-9H3;. The third-order valence-electron chi connectivity index (χ3n) is 3.53. The molecule has 0 saturated heterocycles. The van der Waals surface area contributed by atoms with E-state index in [1.165, 1.54) is 16.7 Å². The average Bonchev–Trinajstić information content (AvgIpc) is 2.13. The Morgan fingerprint density at radius 2 is 0.632 bits per heavy atom. The van der Waals surface area contributed by atoms with Crippen molar-refractivity contribution in [2.45, 2.75) is 78.6 Å². The molecule has 0 N–H and O–H groups in total. The normalized spacial score (nSPS) is 13.1. The minimum atomic E-state index is 0. The first kappa shape index (κ1) is 18.8. The Hall–Kier alpha value is -0.248. The zero-order valence-electron chi connectivity index (χ0n) is 14.1. The van der Waals surface area contributed by atoms with E-state index in [0.29, 0.717) is 0 Å². The Balaban J connectivity index is 0.00000324. The molecule has 0 nitrogen and oxygen atoms in total. The van der Waals surface area contributed by atoms with Crippen molar-refractivity contribution in [3.63, 3.8) is 0 Å². The molecule has 0 aliphatic carbocycles. The van der Waals surface area contributed by atoms with Crippen molar-refractivity contribution >= 4 is 0 Å². The molecule has 19 heavy (non-hydrogen) atoms. The predicted octanol–water partition coefficient (Wildman–Crippen LogP) is 5.58. The molecule has 0 aliphatic heterocycles. The van der Waals surface area contributed by atoms with E-state index in [1.807, 2.05) is 0 Å².